The van der Waals surface area contributed by atoms with E-state index in [1.54, 1.807) is 0 Å². The van der Waals surface area contributed by atoms with Gasteiger partial charge in [0.05, 0.1) is 12.2 Å². The zero-order valence-electron chi connectivity index (χ0n) is 13.5. The zero-order chi connectivity index (χ0) is 15.4. The minimum Gasteiger partial charge on any atom is -0.379 e. The average Bonchev–Trinajstić information content (AvgIpc) is 2.37. The van der Waals surface area contributed by atoms with E-state index in [0.29, 0.717) is 26.2 Å². The molecule has 0 aromatic heterocycles. The quantitative estimate of drug-likeness (QED) is 0.662. The highest BCUT2D eigenvalue weighted by Gasteiger charge is 2.62. The van der Waals surface area contributed by atoms with E-state index in [2.05, 4.69) is 5.32 Å². The molecule has 1 aliphatic carbocycles. The van der Waals surface area contributed by atoms with E-state index in [1.807, 2.05) is 34.6 Å². The monoisotopic (exact) mass is 286 g/mol. The molecule has 0 aromatic carbocycles. The van der Waals surface area contributed by atoms with Crippen LogP contribution >= 0.6 is 0 Å². The normalized spacial score (nSPS) is 28.2. The molecular formula is C15H30N2O3. The first-order valence-corrected chi connectivity index (χ1v) is 7.56. The van der Waals surface area contributed by atoms with E-state index in [1.165, 1.54) is 0 Å². The molecule has 5 heteroatoms. The minimum atomic E-state index is -0.828. The van der Waals surface area contributed by atoms with Crippen LogP contribution in [0.5, 0.6) is 0 Å². The predicted molar refractivity (Wildman–Crippen MR) is 79.4 cm³/mol. The van der Waals surface area contributed by atoms with Gasteiger partial charge in [-0.2, -0.15) is 0 Å². The van der Waals surface area contributed by atoms with Crippen LogP contribution in [0.1, 0.15) is 47.5 Å². The summed E-state index contributed by atoms with van der Waals surface area (Å²) in [6, 6.07) is 0. The number of nitrogens with two attached hydrogens (primary N) is 1. The summed E-state index contributed by atoms with van der Waals surface area (Å²) in [5.41, 5.74) is 5.13. The van der Waals surface area contributed by atoms with Gasteiger partial charge in [0.15, 0.2) is 0 Å². The van der Waals surface area contributed by atoms with Crippen molar-refractivity contribution in [1.82, 2.24) is 5.32 Å². The lowest BCUT2D eigenvalue weighted by molar-refractivity contribution is -0.170. The van der Waals surface area contributed by atoms with Crippen LogP contribution in [0.25, 0.3) is 0 Å². The first-order chi connectivity index (χ1) is 9.25. The van der Waals surface area contributed by atoms with Crippen molar-refractivity contribution in [1.29, 1.82) is 0 Å². The van der Waals surface area contributed by atoms with Crippen molar-refractivity contribution >= 4 is 5.91 Å². The predicted octanol–water partition coefficient (Wildman–Crippen LogP) is 1.45. The molecular weight excluding hydrogens is 256 g/mol. The average molecular weight is 286 g/mol. The van der Waals surface area contributed by atoms with Crippen molar-refractivity contribution in [3.8, 4) is 0 Å². The van der Waals surface area contributed by atoms with E-state index in [4.69, 9.17) is 15.2 Å². The van der Waals surface area contributed by atoms with E-state index < -0.39 is 5.54 Å². The summed E-state index contributed by atoms with van der Waals surface area (Å²) in [4.78, 5) is 12.3. The van der Waals surface area contributed by atoms with Crippen LogP contribution in [0, 0.1) is 5.41 Å². The maximum atomic E-state index is 12.3. The van der Waals surface area contributed by atoms with Gasteiger partial charge >= 0.3 is 0 Å². The Kier molecular flexibility index (Phi) is 5.98. The third kappa shape index (κ3) is 3.51. The van der Waals surface area contributed by atoms with Crippen LogP contribution in [0.15, 0.2) is 0 Å². The zero-order valence-corrected chi connectivity index (χ0v) is 13.5. The summed E-state index contributed by atoms with van der Waals surface area (Å²) in [5, 5.41) is 2.92. The second kappa shape index (κ2) is 6.87. The van der Waals surface area contributed by atoms with Gasteiger partial charge in [-0.05, 0) is 27.2 Å². The Hall–Kier alpha value is -0.650. The minimum absolute atomic E-state index is 0.0625. The van der Waals surface area contributed by atoms with Crippen LogP contribution in [0.3, 0.4) is 0 Å². The first kappa shape index (κ1) is 17.4. The molecule has 3 N–H and O–H groups in total. The van der Waals surface area contributed by atoms with Gasteiger partial charge in [-0.15, -0.1) is 0 Å². The first-order valence-electron chi connectivity index (χ1n) is 7.56. The Labute approximate surface area is 122 Å². The Morgan fingerprint density at radius 3 is 2.60 bits per heavy atom. The number of carbonyl (C=O) groups excluding carboxylic acids is 1. The lowest BCUT2D eigenvalue weighted by atomic mass is 9.54. The largest absolute Gasteiger partial charge is 0.379 e. The van der Waals surface area contributed by atoms with Crippen LogP contribution < -0.4 is 11.1 Å². The fraction of sp³-hybridized carbons (Fsp3) is 0.933. The highest BCUT2D eigenvalue weighted by atomic mass is 16.5. The fourth-order valence-electron chi connectivity index (χ4n) is 2.57. The van der Waals surface area contributed by atoms with E-state index in [0.717, 1.165) is 6.42 Å². The molecule has 1 fully saturated rings. The molecule has 0 saturated heterocycles. The molecule has 1 aliphatic rings. The van der Waals surface area contributed by atoms with E-state index in [-0.39, 0.29) is 23.5 Å². The van der Waals surface area contributed by atoms with Crippen molar-refractivity contribution in [2.45, 2.75) is 65.2 Å². The lowest BCUT2D eigenvalue weighted by Crippen LogP contribution is -2.75. The van der Waals surface area contributed by atoms with Crippen molar-refractivity contribution in [3.63, 3.8) is 0 Å². The van der Waals surface area contributed by atoms with Gasteiger partial charge in [0.25, 0.3) is 0 Å². The number of ether oxygens (including phenoxy) is 2. The summed E-state index contributed by atoms with van der Waals surface area (Å²) in [5.74, 6) is -0.0806. The second-order valence-electron chi connectivity index (χ2n) is 6.37. The van der Waals surface area contributed by atoms with Crippen molar-refractivity contribution in [3.05, 3.63) is 0 Å². The number of hydrogen-bond donors (Lipinski definition) is 2. The molecule has 118 valence electrons. The molecule has 0 aromatic rings. The maximum absolute atomic E-state index is 12.3. The Balaban J connectivity index is 2.36. The third-order valence-electron chi connectivity index (χ3n) is 4.29. The topological polar surface area (TPSA) is 73.6 Å². The summed E-state index contributed by atoms with van der Waals surface area (Å²) < 4.78 is 11.1. The van der Waals surface area contributed by atoms with Gasteiger partial charge in [0.1, 0.15) is 5.54 Å². The van der Waals surface area contributed by atoms with E-state index >= 15 is 0 Å². The van der Waals surface area contributed by atoms with Crippen molar-refractivity contribution < 1.29 is 14.3 Å². The lowest BCUT2D eigenvalue weighted by Gasteiger charge is -2.57. The summed E-state index contributed by atoms with van der Waals surface area (Å²) >= 11 is 0. The summed E-state index contributed by atoms with van der Waals surface area (Å²) in [7, 11) is 0. The van der Waals surface area contributed by atoms with Gasteiger partial charge in [-0.1, -0.05) is 13.8 Å². The van der Waals surface area contributed by atoms with Gasteiger partial charge in [-0.25, -0.2) is 0 Å². The van der Waals surface area contributed by atoms with Crippen molar-refractivity contribution in [2.24, 2.45) is 11.1 Å². The smallest absolute Gasteiger partial charge is 0.240 e. The highest BCUT2D eigenvalue weighted by molar-refractivity contribution is 5.88. The molecule has 0 bridgehead atoms. The highest BCUT2D eigenvalue weighted by Crippen LogP contribution is 2.49. The van der Waals surface area contributed by atoms with Gasteiger partial charge < -0.3 is 20.5 Å². The molecule has 20 heavy (non-hydrogen) atoms. The molecule has 0 radical (unpaired) electrons. The standard InChI is InChI=1S/C15H30N2O3/c1-6-19-12-10-15(16,14(12,4)5)13(18)17-8-7-9-20-11(2)3/h11-12H,6-10,16H2,1-5H3,(H,17,18). The van der Waals surface area contributed by atoms with Crippen LogP contribution in [-0.2, 0) is 14.3 Å². The molecule has 5 nitrogen and oxygen atoms in total. The SMILES string of the molecule is CCOC1CC(N)(C(=O)NCCCOC(C)C)C1(C)C. The fourth-order valence-corrected chi connectivity index (χ4v) is 2.57. The van der Waals surface area contributed by atoms with Crippen LogP contribution in [-0.4, -0.2) is 43.4 Å². The molecule has 0 aliphatic heterocycles. The molecule has 1 saturated carbocycles. The molecule has 2 atom stereocenters. The molecule has 2 unspecified atom stereocenters. The van der Waals surface area contributed by atoms with Gasteiger partial charge in [0, 0.05) is 31.6 Å². The molecule has 1 rings (SSSR count). The third-order valence-corrected chi connectivity index (χ3v) is 4.29. The van der Waals surface area contributed by atoms with Crippen LogP contribution in [0.4, 0.5) is 0 Å². The van der Waals surface area contributed by atoms with Gasteiger partial charge in [-0.3, -0.25) is 4.79 Å². The Bertz CT molecular complexity index is 331. The van der Waals surface area contributed by atoms with Gasteiger partial charge in [0.2, 0.25) is 5.91 Å². The Morgan fingerprint density at radius 1 is 1.45 bits per heavy atom. The Morgan fingerprint density at radius 2 is 2.10 bits per heavy atom. The number of hydrogen-bond acceptors (Lipinski definition) is 4. The number of amides is 1. The number of nitrogens with one attached hydrogen (secondary N) is 1. The number of carbonyl (C=O) groups is 1. The molecule has 0 spiro atoms. The molecule has 0 heterocycles. The van der Waals surface area contributed by atoms with Crippen LogP contribution in [0.2, 0.25) is 0 Å². The van der Waals surface area contributed by atoms with Crippen molar-refractivity contribution in [2.75, 3.05) is 19.8 Å². The maximum Gasteiger partial charge on any atom is 0.240 e. The summed E-state index contributed by atoms with van der Waals surface area (Å²) in [6.07, 6.45) is 1.67. The summed E-state index contributed by atoms with van der Waals surface area (Å²) in [6.45, 7) is 11.9. The number of rotatable bonds is 8. The van der Waals surface area contributed by atoms with E-state index in [9.17, 15) is 4.79 Å². The molecule has 1 amide bonds. The second-order valence-corrected chi connectivity index (χ2v) is 6.37.